The Hall–Kier alpha value is -3.15. The van der Waals surface area contributed by atoms with Crippen molar-refractivity contribution in [2.75, 3.05) is 14.2 Å². The van der Waals surface area contributed by atoms with Crippen molar-refractivity contribution in [3.05, 3.63) is 77.3 Å². The van der Waals surface area contributed by atoms with E-state index in [1.54, 1.807) is 30.3 Å². The summed E-state index contributed by atoms with van der Waals surface area (Å²) in [5.41, 5.74) is 0.997. The highest BCUT2D eigenvalue weighted by molar-refractivity contribution is 6.08. The smallest absolute Gasteiger partial charge is 0.250 e. The lowest BCUT2D eigenvalue weighted by molar-refractivity contribution is 0.0999. The van der Waals surface area contributed by atoms with E-state index < -0.39 is 5.78 Å². The number of halogens is 1. The van der Waals surface area contributed by atoms with Crippen LogP contribution in [0.3, 0.4) is 0 Å². The third kappa shape index (κ3) is 3.52. The number of hydrogen-bond donors (Lipinski definition) is 0. The predicted octanol–water partition coefficient (Wildman–Crippen LogP) is 3.65. The first-order valence-electron chi connectivity index (χ1n) is 7.57. The van der Waals surface area contributed by atoms with E-state index in [2.05, 4.69) is 4.98 Å². The standard InChI is InChI=1S/C19H16FNO4/c1-23-16-9-10-21-17(19(16)24-2)18(22)15-8-7-14(25-15)11-12-3-5-13(20)6-4-12/h3-10H,11H2,1-2H3. The molecule has 0 unspecified atom stereocenters. The molecular weight excluding hydrogens is 325 g/mol. The molecule has 0 bridgehead atoms. The molecule has 0 radical (unpaired) electrons. The highest BCUT2D eigenvalue weighted by Crippen LogP contribution is 2.30. The number of benzene rings is 1. The van der Waals surface area contributed by atoms with Crippen LogP contribution in [-0.4, -0.2) is 25.0 Å². The molecule has 128 valence electrons. The molecule has 3 aromatic rings. The summed E-state index contributed by atoms with van der Waals surface area (Å²) in [6, 6.07) is 11.0. The number of hydrogen-bond acceptors (Lipinski definition) is 5. The Morgan fingerprint density at radius 1 is 1.08 bits per heavy atom. The third-order valence-corrected chi connectivity index (χ3v) is 3.68. The molecule has 0 fully saturated rings. The van der Waals surface area contributed by atoms with Crippen molar-refractivity contribution in [2.24, 2.45) is 0 Å². The van der Waals surface area contributed by atoms with Gasteiger partial charge in [-0.1, -0.05) is 12.1 Å². The van der Waals surface area contributed by atoms with Gasteiger partial charge in [-0.25, -0.2) is 9.37 Å². The fourth-order valence-corrected chi connectivity index (χ4v) is 2.47. The van der Waals surface area contributed by atoms with Crippen LogP contribution in [0.5, 0.6) is 11.5 Å². The first-order chi connectivity index (χ1) is 12.1. The van der Waals surface area contributed by atoms with Crippen molar-refractivity contribution < 1.29 is 23.1 Å². The zero-order valence-corrected chi connectivity index (χ0v) is 13.8. The van der Waals surface area contributed by atoms with Crippen molar-refractivity contribution in [1.29, 1.82) is 0 Å². The summed E-state index contributed by atoms with van der Waals surface area (Å²) in [4.78, 5) is 16.7. The molecule has 2 heterocycles. The van der Waals surface area contributed by atoms with Crippen LogP contribution in [0, 0.1) is 5.82 Å². The molecule has 3 rings (SSSR count). The van der Waals surface area contributed by atoms with Gasteiger partial charge in [-0.05, 0) is 29.8 Å². The van der Waals surface area contributed by atoms with Crippen LogP contribution in [0.25, 0.3) is 0 Å². The quantitative estimate of drug-likeness (QED) is 0.641. The summed E-state index contributed by atoms with van der Waals surface area (Å²) < 4.78 is 29.0. The van der Waals surface area contributed by atoms with Gasteiger partial charge in [-0.3, -0.25) is 4.79 Å². The highest BCUT2D eigenvalue weighted by atomic mass is 19.1. The second-order valence-corrected chi connectivity index (χ2v) is 5.29. The number of rotatable bonds is 6. The second kappa shape index (κ2) is 7.17. The molecule has 0 amide bonds. The van der Waals surface area contributed by atoms with Crippen molar-refractivity contribution in [3.63, 3.8) is 0 Å². The van der Waals surface area contributed by atoms with E-state index in [-0.39, 0.29) is 23.0 Å². The first kappa shape index (κ1) is 16.7. The number of carbonyl (C=O) groups is 1. The summed E-state index contributed by atoms with van der Waals surface area (Å²) in [6.07, 6.45) is 1.92. The maximum atomic E-state index is 13.0. The summed E-state index contributed by atoms with van der Waals surface area (Å²) in [6.45, 7) is 0. The van der Waals surface area contributed by atoms with E-state index >= 15 is 0 Å². The van der Waals surface area contributed by atoms with E-state index in [1.165, 1.54) is 32.5 Å². The Balaban J connectivity index is 1.85. The zero-order chi connectivity index (χ0) is 17.8. The Labute approximate surface area is 144 Å². The van der Waals surface area contributed by atoms with Gasteiger partial charge in [0.2, 0.25) is 5.78 Å². The largest absolute Gasteiger partial charge is 0.493 e. The lowest BCUT2D eigenvalue weighted by Crippen LogP contribution is -2.07. The maximum Gasteiger partial charge on any atom is 0.250 e. The Kier molecular flexibility index (Phi) is 4.79. The number of ether oxygens (including phenoxy) is 2. The fraction of sp³-hybridized carbons (Fsp3) is 0.158. The van der Waals surface area contributed by atoms with E-state index in [0.29, 0.717) is 17.9 Å². The Morgan fingerprint density at radius 3 is 2.52 bits per heavy atom. The van der Waals surface area contributed by atoms with Crippen LogP contribution in [0.2, 0.25) is 0 Å². The molecule has 0 saturated heterocycles. The lowest BCUT2D eigenvalue weighted by atomic mass is 10.1. The molecule has 0 N–H and O–H groups in total. The van der Waals surface area contributed by atoms with Crippen molar-refractivity contribution >= 4 is 5.78 Å². The normalized spacial score (nSPS) is 10.5. The SMILES string of the molecule is COc1ccnc(C(=O)c2ccc(Cc3ccc(F)cc3)o2)c1OC. The van der Waals surface area contributed by atoms with Crippen molar-refractivity contribution in [2.45, 2.75) is 6.42 Å². The lowest BCUT2D eigenvalue weighted by Gasteiger charge is -2.09. The molecule has 0 atom stereocenters. The molecule has 0 saturated carbocycles. The molecule has 0 aliphatic heterocycles. The molecule has 1 aromatic carbocycles. The average Bonchev–Trinajstić information content (AvgIpc) is 3.10. The van der Waals surface area contributed by atoms with Gasteiger partial charge in [0.1, 0.15) is 11.6 Å². The van der Waals surface area contributed by atoms with Gasteiger partial charge >= 0.3 is 0 Å². The van der Waals surface area contributed by atoms with Crippen molar-refractivity contribution in [1.82, 2.24) is 4.98 Å². The Morgan fingerprint density at radius 2 is 1.84 bits per heavy atom. The maximum absolute atomic E-state index is 13.0. The van der Waals surface area contributed by atoms with Gasteiger partial charge in [-0.15, -0.1) is 0 Å². The van der Waals surface area contributed by atoms with Crippen LogP contribution in [-0.2, 0) is 6.42 Å². The molecule has 0 aliphatic carbocycles. The second-order valence-electron chi connectivity index (χ2n) is 5.29. The minimum absolute atomic E-state index is 0.115. The van der Waals surface area contributed by atoms with E-state index in [1.807, 2.05) is 0 Å². The van der Waals surface area contributed by atoms with Crippen molar-refractivity contribution in [3.8, 4) is 11.5 Å². The number of ketones is 1. The van der Waals surface area contributed by atoms with Crippen LogP contribution < -0.4 is 9.47 Å². The van der Waals surface area contributed by atoms with Crippen LogP contribution >= 0.6 is 0 Å². The van der Waals surface area contributed by atoms with E-state index in [4.69, 9.17) is 13.9 Å². The van der Waals surface area contributed by atoms with Gasteiger partial charge in [0.15, 0.2) is 23.0 Å². The monoisotopic (exact) mass is 341 g/mol. The van der Waals surface area contributed by atoms with Gasteiger partial charge in [0.05, 0.1) is 14.2 Å². The topological polar surface area (TPSA) is 61.6 Å². The van der Waals surface area contributed by atoms with Gasteiger partial charge in [0, 0.05) is 18.7 Å². The van der Waals surface area contributed by atoms with Crippen LogP contribution in [0.4, 0.5) is 4.39 Å². The zero-order valence-electron chi connectivity index (χ0n) is 13.8. The third-order valence-electron chi connectivity index (χ3n) is 3.68. The summed E-state index contributed by atoms with van der Waals surface area (Å²) in [7, 11) is 2.93. The van der Waals surface area contributed by atoms with E-state index in [0.717, 1.165) is 5.56 Å². The predicted molar refractivity (Wildman–Crippen MR) is 88.7 cm³/mol. The van der Waals surface area contributed by atoms with E-state index in [9.17, 15) is 9.18 Å². The number of methoxy groups -OCH3 is 2. The van der Waals surface area contributed by atoms with Crippen LogP contribution in [0.1, 0.15) is 27.6 Å². The molecule has 2 aromatic heterocycles. The minimum atomic E-state index is -0.402. The average molecular weight is 341 g/mol. The minimum Gasteiger partial charge on any atom is -0.493 e. The number of carbonyl (C=O) groups excluding carboxylic acids is 1. The molecular formula is C19H16FNO4. The van der Waals surface area contributed by atoms with Gasteiger partial charge in [0.25, 0.3) is 0 Å². The van der Waals surface area contributed by atoms with Gasteiger partial charge in [-0.2, -0.15) is 0 Å². The summed E-state index contributed by atoms with van der Waals surface area (Å²) >= 11 is 0. The molecule has 0 spiro atoms. The highest BCUT2D eigenvalue weighted by Gasteiger charge is 2.22. The molecule has 6 heteroatoms. The number of furan rings is 1. The Bertz CT molecular complexity index is 887. The number of pyridine rings is 1. The molecule has 0 aliphatic rings. The summed E-state index contributed by atoms with van der Waals surface area (Å²) in [5, 5.41) is 0. The molecule has 5 nitrogen and oxygen atoms in total. The molecule has 25 heavy (non-hydrogen) atoms. The number of aromatic nitrogens is 1. The first-order valence-corrected chi connectivity index (χ1v) is 7.57. The summed E-state index contributed by atoms with van der Waals surface area (Å²) in [5.74, 6) is 0.717. The fourth-order valence-electron chi connectivity index (χ4n) is 2.47. The van der Waals surface area contributed by atoms with Gasteiger partial charge < -0.3 is 13.9 Å². The van der Waals surface area contributed by atoms with Crippen LogP contribution in [0.15, 0.2) is 53.1 Å². The number of nitrogens with zero attached hydrogens (tertiary/aromatic N) is 1.